The highest BCUT2D eigenvalue weighted by molar-refractivity contribution is 7.07. The normalized spacial score (nSPS) is 10.2. The molecular weight excluding hydrogens is 328 g/mol. The summed E-state index contributed by atoms with van der Waals surface area (Å²) >= 11 is 1.47. The largest absolute Gasteiger partial charge is 0.486 e. The Hall–Kier alpha value is -3.13. The van der Waals surface area contributed by atoms with E-state index in [4.69, 9.17) is 4.74 Å². The van der Waals surface area contributed by atoms with Gasteiger partial charge in [-0.05, 0) is 24.3 Å². The van der Waals surface area contributed by atoms with Crippen molar-refractivity contribution in [3.05, 3.63) is 70.4 Å². The van der Waals surface area contributed by atoms with Crippen LogP contribution in [0.3, 0.4) is 0 Å². The number of rotatable bonds is 5. The van der Waals surface area contributed by atoms with Gasteiger partial charge in [0.2, 0.25) is 0 Å². The number of aromatic amines is 1. The Bertz CT molecular complexity index is 816. The van der Waals surface area contributed by atoms with Crippen molar-refractivity contribution >= 4 is 23.2 Å². The quantitative estimate of drug-likeness (QED) is 0.619. The maximum atomic E-state index is 12.3. The highest BCUT2D eigenvalue weighted by atomic mass is 32.1. The SMILES string of the molecule is O=C(NNC(=O)c1ccccc1OCc1cscn1)c1ccc[nH]1. The van der Waals surface area contributed by atoms with E-state index in [9.17, 15) is 9.59 Å². The van der Waals surface area contributed by atoms with E-state index >= 15 is 0 Å². The molecule has 3 aromatic rings. The third-order valence-corrected chi connectivity index (χ3v) is 3.76. The topological polar surface area (TPSA) is 96.1 Å². The van der Waals surface area contributed by atoms with Crippen LogP contribution in [0.4, 0.5) is 0 Å². The number of H-pyrrole nitrogens is 1. The first-order chi connectivity index (χ1) is 11.7. The number of carbonyl (C=O) groups excluding carboxylic acids is 2. The molecule has 0 aliphatic carbocycles. The number of nitrogens with zero attached hydrogens (tertiary/aromatic N) is 1. The van der Waals surface area contributed by atoms with Gasteiger partial charge in [0.15, 0.2) is 0 Å². The van der Waals surface area contributed by atoms with Gasteiger partial charge >= 0.3 is 0 Å². The number of ether oxygens (including phenoxy) is 1. The summed E-state index contributed by atoms with van der Waals surface area (Å²) in [6.07, 6.45) is 1.62. The van der Waals surface area contributed by atoms with Crippen molar-refractivity contribution in [1.82, 2.24) is 20.8 Å². The van der Waals surface area contributed by atoms with Crippen molar-refractivity contribution in [3.63, 3.8) is 0 Å². The fourth-order valence-corrected chi connectivity index (χ4v) is 2.50. The molecule has 3 N–H and O–H groups in total. The molecule has 24 heavy (non-hydrogen) atoms. The van der Waals surface area contributed by atoms with Crippen molar-refractivity contribution in [3.8, 4) is 5.75 Å². The van der Waals surface area contributed by atoms with E-state index in [0.717, 1.165) is 5.69 Å². The third kappa shape index (κ3) is 3.79. The summed E-state index contributed by atoms with van der Waals surface area (Å²) in [7, 11) is 0. The fraction of sp³-hybridized carbons (Fsp3) is 0.0625. The Balaban J connectivity index is 1.63. The monoisotopic (exact) mass is 342 g/mol. The second kappa shape index (κ2) is 7.42. The maximum absolute atomic E-state index is 12.3. The van der Waals surface area contributed by atoms with Gasteiger partial charge in [-0.25, -0.2) is 4.98 Å². The Labute approximate surface area is 141 Å². The van der Waals surface area contributed by atoms with Gasteiger partial charge in [0.1, 0.15) is 18.1 Å². The molecule has 2 aromatic heterocycles. The lowest BCUT2D eigenvalue weighted by atomic mass is 10.2. The number of carbonyl (C=O) groups is 2. The van der Waals surface area contributed by atoms with Gasteiger partial charge in [-0.2, -0.15) is 0 Å². The predicted octanol–water partition coefficient (Wildman–Crippen LogP) is 2.12. The van der Waals surface area contributed by atoms with E-state index < -0.39 is 11.8 Å². The minimum Gasteiger partial charge on any atom is -0.486 e. The number of thiazole rings is 1. The maximum Gasteiger partial charge on any atom is 0.286 e. The van der Waals surface area contributed by atoms with Gasteiger partial charge in [0, 0.05) is 11.6 Å². The van der Waals surface area contributed by atoms with Crippen LogP contribution in [0.15, 0.2) is 53.5 Å². The van der Waals surface area contributed by atoms with Crippen LogP contribution in [0.25, 0.3) is 0 Å². The smallest absolute Gasteiger partial charge is 0.286 e. The molecule has 0 aliphatic heterocycles. The molecule has 7 nitrogen and oxygen atoms in total. The number of nitrogens with one attached hydrogen (secondary N) is 3. The number of amides is 2. The third-order valence-electron chi connectivity index (χ3n) is 3.12. The zero-order valence-corrected chi connectivity index (χ0v) is 13.3. The van der Waals surface area contributed by atoms with Crippen LogP contribution in [0.2, 0.25) is 0 Å². The lowest BCUT2D eigenvalue weighted by molar-refractivity contribution is 0.0841. The zero-order valence-electron chi connectivity index (χ0n) is 12.5. The summed E-state index contributed by atoms with van der Waals surface area (Å²) in [5, 5.41) is 1.87. The molecule has 3 rings (SSSR count). The summed E-state index contributed by atoms with van der Waals surface area (Å²) < 4.78 is 5.65. The van der Waals surface area contributed by atoms with E-state index in [1.54, 1.807) is 48.1 Å². The predicted molar refractivity (Wildman–Crippen MR) is 88.6 cm³/mol. The van der Waals surface area contributed by atoms with Gasteiger partial charge in [0.05, 0.1) is 16.8 Å². The Kier molecular flexibility index (Phi) is 4.87. The van der Waals surface area contributed by atoms with Gasteiger partial charge in [-0.15, -0.1) is 11.3 Å². The first-order valence-corrected chi connectivity index (χ1v) is 8.01. The van der Waals surface area contributed by atoms with Gasteiger partial charge in [0.25, 0.3) is 11.8 Å². The molecule has 0 spiro atoms. The summed E-state index contributed by atoms with van der Waals surface area (Å²) in [6.45, 7) is 0.266. The van der Waals surface area contributed by atoms with E-state index in [-0.39, 0.29) is 6.61 Å². The molecule has 0 atom stereocenters. The number of hydrogen-bond acceptors (Lipinski definition) is 5. The van der Waals surface area contributed by atoms with Crippen molar-refractivity contribution in [1.29, 1.82) is 0 Å². The number of hydrogen-bond donors (Lipinski definition) is 3. The van der Waals surface area contributed by atoms with Crippen LogP contribution in [-0.4, -0.2) is 21.8 Å². The minimum absolute atomic E-state index is 0.266. The van der Waals surface area contributed by atoms with E-state index in [0.29, 0.717) is 17.0 Å². The van der Waals surface area contributed by atoms with Crippen molar-refractivity contribution in [2.45, 2.75) is 6.61 Å². The van der Waals surface area contributed by atoms with Crippen LogP contribution in [0, 0.1) is 0 Å². The average Bonchev–Trinajstić information content (AvgIpc) is 3.31. The Morgan fingerprint density at radius 2 is 1.96 bits per heavy atom. The lowest BCUT2D eigenvalue weighted by Gasteiger charge is -2.11. The van der Waals surface area contributed by atoms with Crippen LogP contribution < -0.4 is 15.6 Å². The molecule has 2 heterocycles. The van der Waals surface area contributed by atoms with Crippen molar-refractivity contribution < 1.29 is 14.3 Å². The van der Waals surface area contributed by atoms with E-state index in [2.05, 4.69) is 20.8 Å². The number of hydrazine groups is 1. The zero-order chi connectivity index (χ0) is 16.8. The lowest BCUT2D eigenvalue weighted by Crippen LogP contribution is -2.41. The van der Waals surface area contributed by atoms with Gasteiger partial charge < -0.3 is 9.72 Å². The number of benzene rings is 1. The first-order valence-electron chi connectivity index (χ1n) is 7.07. The molecule has 8 heteroatoms. The second-order valence-electron chi connectivity index (χ2n) is 4.76. The molecule has 1 aromatic carbocycles. The average molecular weight is 342 g/mol. The van der Waals surface area contributed by atoms with Crippen LogP contribution in [0.1, 0.15) is 26.5 Å². The molecule has 0 unspecified atom stereocenters. The van der Waals surface area contributed by atoms with E-state index in [1.807, 2.05) is 5.38 Å². The summed E-state index contributed by atoms with van der Waals surface area (Å²) in [6, 6.07) is 10.1. The van der Waals surface area contributed by atoms with Crippen LogP contribution >= 0.6 is 11.3 Å². The fourth-order valence-electron chi connectivity index (χ4n) is 1.96. The molecule has 0 bridgehead atoms. The summed E-state index contributed by atoms with van der Waals surface area (Å²) in [5.41, 5.74) is 7.89. The van der Waals surface area contributed by atoms with Gasteiger partial charge in [-0.3, -0.25) is 20.4 Å². The van der Waals surface area contributed by atoms with Gasteiger partial charge in [-0.1, -0.05) is 12.1 Å². The highest BCUT2D eigenvalue weighted by Crippen LogP contribution is 2.19. The van der Waals surface area contributed by atoms with Crippen LogP contribution in [0.5, 0.6) is 5.75 Å². The Morgan fingerprint density at radius 3 is 2.71 bits per heavy atom. The molecule has 122 valence electrons. The van der Waals surface area contributed by atoms with E-state index in [1.165, 1.54) is 11.3 Å². The Morgan fingerprint density at radius 1 is 1.12 bits per heavy atom. The molecular formula is C16H14N4O3S. The minimum atomic E-state index is -0.469. The first kappa shape index (κ1) is 15.8. The molecule has 0 radical (unpaired) electrons. The number of aromatic nitrogens is 2. The van der Waals surface area contributed by atoms with Crippen molar-refractivity contribution in [2.24, 2.45) is 0 Å². The highest BCUT2D eigenvalue weighted by Gasteiger charge is 2.14. The summed E-state index contributed by atoms with van der Waals surface area (Å²) in [4.78, 5) is 31.0. The molecule has 0 saturated carbocycles. The molecule has 2 amide bonds. The second-order valence-corrected chi connectivity index (χ2v) is 5.48. The molecule has 0 saturated heterocycles. The standard InChI is InChI=1S/C16H14N4O3S/c21-15(19-20-16(22)13-5-3-7-17-13)12-4-1-2-6-14(12)23-8-11-9-24-10-18-11/h1-7,9-10,17H,8H2,(H,19,21)(H,20,22). The van der Waals surface area contributed by atoms with Crippen molar-refractivity contribution in [2.75, 3.05) is 0 Å². The summed E-state index contributed by atoms with van der Waals surface area (Å²) in [5.74, 6) is -0.491. The van der Waals surface area contributed by atoms with Crippen LogP contribution in [-0.2, 0) is 6.61 Å². The molecule has 0 fully saturated rings. The number of para-hydroxylation sites is 1. The molecule has 0 aliphatic rings.